The molecule has 1 saturated heterocycles. The standard InChI is InChI=1S/C16H19FN4O3/c17-12-5-6-14-13(11-12)16(23-9-10-24-16)15(22)21(14)8-4-2-1-3-7-19-20-18/h5-6,11H,1-4,7-10H2. The van der Waals surface area contributed by atoms with Gasteiger partial charge in [-0.2, -0.15) is 0 Å². The van der Waals surface area contributed by atoms with Gasteiger partial charge in [-0.15, -0.1) is 0 Å². The van der Waals surface area contributed by atoms with Crippen molar-refractivity contribution in [1.29, 1.82) is 0 Å². The first-order valence-corrected chi connectivity index (χ1v) is 8.10. The normalized spacial score (nSPS) is 18.0. The fraction of sp³-hybridized carbons (Fsp3) is 0.562. The first kappa shape index (κ1) is 16.7. The molecule has 1 fully saturated rings. The van der Waals surface area contributed by atoms with Gasteiger partial charge in [0.1, 0.15) is 5.82 Å². The third-order valence-corrected chi connectivity index (χ3v) is 4.28. The molecule has 2 heterocycles. The van der Waals surface area contributed by atoms with Crippen molar-refractivity contribution >= 4 is 11.6 Å². The van der Waals surface area contributed by atoms with Crippen molar-refractivity contribution in [3.8, 4) is 0 Å². The molecule has 0 unspecified atom stereocenters. The Kier molecular flexibility index (Phi) is 4.99. The number of rotatable bonds is 7. The summed E-state index contributed by atoms with van der Waals surface area (Å²) in [6.45, 7) is 1.64. The minimum atomic E-state index is -1.47. The molecule has 0 aromatic heterocycles. The van der Waals surface area contributed by atoms with Crippen LogP contribution in [0.1, 0.15) is 31.2 Å². The fourth-order valence-corrected chi connectivity index (χ4v) is 3.17. The van der Waals surface area contributed by atoms with Gasteiger partial charge in [0.25, 0.3) is 11.7 Å². The fourth-order valence-electron chi connectivity index (χ4n) is 3.17. The molecule has 0 atom stereocenters. The molecule has 24 heavy (non-hydrogen) atoms. The molecule has 0 N–H and O–H groups in total. The minimum Gasteiger partial charge on any atom is -0.336 e. The van der Waals surface area contributed by atoms with Crippen molar-refractivity contribution in [1.82, 2.24) is 0 Å². The highest BCUT2D eigenvalue weighted by Crippen LogP contribution is 2.45. The molecule has 0 aliphatic carbocycles. The van der Waals surface area contributed by atoms with E-state index in [0.29, 0.717) is 37.6 Å². The highest BCUT2D eigenvalue weighted by molar-refractivity contribution is 6.06. The number of ether oxygens (including phenoxy) is 2. The summed E-state index contributed by atoms with van der Waals surface area (Å²) in [7, 11) is 0. The van der Waals surface area contributed by atoms with Gasteiger partial charge in [0.15, 0.2) is 0 Å². The topological polar surface area (TPSA) is 87.5 Å². The number of benzene rings is 1. The second kappa shape index (κ2) is 7.17. The van der Waals surface area contributed by atoms with Crippen LogP contribution in [0.15, 0.2) is 23.3 Å². The number of azide groups is 1. The van der Waals surface area contributed by atoms with Gasteiger partial charge in [0.05, 0.1) is 18.9 Å². The Morgan fingerprint density at radius 3 is 2.75 bits per heavy atom. The van der Waals surface area contributed by atoms with E-state index in [0.717, 1.165) is 25.7 Å². The molecule has 0 saturated carbocycles. The smallest absolute Gasteiger partial charge is 0.292 e. The quantitative estimate of drug-likeness (QED) is 0.332. The molecule has 0 bridgehead atoms. The van der Waals surface area contributed by atoms with Gasteiger partial charge in [0.2, 0.25) is 0 Å². The minimum absolute atomic E-state index is 0.283. The zero-order valence-electron chi connectivity index (χ0n) is 13.3. The second-order valence-corrected chi connectivity index (χ2v) is 5.80. The summed E-state index contributed by atoms with van der Waals surface area (Å²) in [5.41, 5.74) is 9.32. The van der Waals surface area contributed by atoms with Crippen molar-refractivity contribution in [3.63, 3.8) is 0 Å². The van der Waals surface area contributed by atoms with E-state index in [9.17, 15) is 9.18 Å². The summed E-state index contributed by atoms with van der Waals surface area (Å²) >= 11 is 0. The molecule has 8 heteroatoms. The number of unbranched alkanes of at least 4 members (excludes halogenated alkanes) is 3. The number of amides is 1. The van der Waals surface area contributed by atoms with E-state index in [1.54, 1.807) is 11.0 Å². The van der Waals surface area contributed by atoms with Crippen molar-refractivity contribution in [2.24, 2.45) is 5.11 Å². The Labute approximate surface area is 139 Å². The van der Waals surface area contributed by atoms with Crippen LogP contribution in [0, 0.1) is 5.82 Å². The number of halogens is 1. The number of carbonyl (C=O) groups excluding carboxylic acids is 1. The Morgan fingerprint density at radius 1 is 1.25 bits per heavy atom. The van der Waals surface area contributed by atoms with Crippen LogP contribution in [0.4, 0.5) is 10.1 Å². The summed E-state index contributed by atoms with van der Waals surface area (Å²) in [6, 6.07) is 4.26. The number of nitrogens with zero attached hydrogens (tertiary/aromatic N) is 4. The largest absolute Gasteiger partial charge is 0.336 e. The molecule has 3 rings (SSSR count). The highest BCUT2D eigenvalue weighted by atomic mass is 19.1. The highest BCUT2D eigenvalue weighted by Gasteiger charge is 2.55. The number of hydrogen-bond donors (Lipinski definition) is 0. The lowest BCUT2D eigenvalue weighted by atomic mass is 10.1. The van der Waals surface area contributed by atoms with E-state index in [1.165, 1.54) is 12.1 Å². The van der Waals surface area contributed by atoms with Crippen molar-refractivity contribution < 1.29 is 18.7 Å². The van der Waals surface area contributed by atoms with Gasteiger partial charge < -0.3 is 14.4 Å². The second-order valence-electron chi connectivity index (χ2n) is 5.80. The molecule has 1 aromatic carbocycles. The molecular weight excluding hydrogens is 315 g/mol. The molecule has 1 amide bonds. The van der Waals surface area contributed by atoms with Gasteiger partial charge in [-0.25, -0.2) is 4.39 Å². The van der Waals surface area contributed by atoms with Crippen LogP contribution in [-0.2, 0) is 20.1 Å². The summed E-state index contributed by atoms with van der Waals surface area (Å²) in [4.78, 5) is 17.1. The lowest BCUT2D eigenvalue weighted by molar-refractivity contribution is -0.180. The first-order valence-electron chi connectivity index (χ1n) is 8.10. The molecular formula is C16H19FN4O3. The van der Waals surface area contributed by atoms with Crippen molar-refractivity contribution in [3.05, 3.63) is 40.0 Å². The molecule has 1 aromatic rings. The molecule has 0 radical (unpaired) electrons. The summed E-state index contributed by atoms with van der Waals surface area (Å²) in [5, 5.41) is 3.49. The average Bonchev–Trinajstić information content (AvgIpc) is 3.15. The first-order chi connectivity index (χ1) is 11.7. The van der Waals surface area contributed by atoms with Gasteiger partial charge in [-0.1, -0.05) is 18.0 Å². The van der Waals surface area contributed by atoms with E-state index in [1.807, 2.05) is 0 Å². The van der Waals surface area contributed by atoms with Crippen molar-refractivity contribution in [2.75, 3.05) is 31.2 Å². The van der Waals surface area contributed by atoms with E-state index < -0.39 is 11.6 Å². The van der Waals surface area contributed by atoms with E-state index in [-0.39, 0.29) is 5.91 Å². The third-order valence-electron chi connectivity index (χ3n) is 4.28. The molecule has 2 aliphatic rings. The molecule has 128 valence electrons. The van der Waals surface area contributed by atoms with Gasteiger partial charge in [0, 0.05) is 23.6 Å². The summed E-state index contributed by atoms with van der Waals surface area (Å²) in [5.74, 6) is -2.17. The van der Waals surface area contributed by atoms with Crippen LogP contribution >= 0.6 is 0 Å². The molecule has 7 nitrogen and oxygen atoms in total. The van der Waals surface area contributed by atoms with Gasteiger partial charge >= 0.3 is 0 Å². The molecule has 2 aliphatic heterocycles. The zero-order chi connectivity index (χ0) is 17.0. The third kappa shape index (κ3) is 2.96. The van der Waals surface area contributed by atoms with Crippen LogP contribution in [0.5, 0.6) is 0 Å². The Hall–Kier alpha value is -2.15. The predicted octanol–water partition coefficient (Wildman–Crippen LogP) is 3.24. The van der Waals surface area contributed by atoms with Crippen molar-refractivity contribution in [2.45, 2.75) is 31.5 Å². The van der Waals surface area contributed by atoms with E-state index in [2.05, 4.69) is 10.0 Å². The zero-order valence-corrected chi connectivity index (χ0v) is 13.3. The average molecular weight is 334 g/mol. The summed E-state index contributed by atoms with van der Waals surface area (Å²) < 4.78 is 24.8. The van der Waals surface area contributed by atoms with Gasteiger partial charge in [-0.05, 0) is 36.6 Å². The lowest BCUT2D eigenvalue weighted by Gasteiger charge is -2.22. The number of carbonyl (C=O) groups is 1. The lowest BCUT2D eigenvalue weighted by Crippen LogP contribution is -2.41. The van der Waals surface area contributed by atoms with Crippen LogP contribution < -0.4 is 4.90 Å². The number of hydrogen-bond acceptors (Lipinski definition) is 4. The van der Waals surface area contributed by atoms with Crippen LogP contribution in [-0.4, -0.2) is 32.2 Å². The van der Waals surface area contributed by atoms with Crippen LogP contribution in [0.3, 0.4) is 0 Å². The SMILES string of the molecule is [N-]=[N+]=NCCCCCCN1C(=O)C2(OCCO2)c2cc(F)ccc21. The maximum atomic E-state index is 13.6. The monoisotopic (exact) mass is 334 g/mol. The van der Waals surface area contributed by atoms with Gasteiger partial charge in [-0.3, -0.25) is 4.79 Å². The Balaban J connectivity index is 1.66. The number of fused-ring (bicyclic) bond motifs is 2. The molecule has 1 spiro atoms. The Morgan fingerprint density at radius 2 is 2.00 bits per heavy atom. The Bertz CT molecular complexity index is 669. The van der Waals surface area contributed by atoms with Crippen LogP contribution in [0.2, 0.25) is 0 Å². The van der Waals surface area contributed by atoms with E-state index in [4.69, 9.17) is 15.0 Å². The number of anilines is 1. The van der Waals surface area contributed by atoms with E-state index >= 15 is 0 Å². The predicted molar refractivity (Wildman–Crippen MR) is 84.8 cm³/mol. The maximum Gasteiger partial charge on any atom is 0.292 e. The van der Waals surface area contributed by atoms with Crippen LogP contribution in [0.25, 0.3) is 10.4 Å². The summed E-state index contributed by atoms with van der Waals surface area (Å²) in [6.07, 6.45) is 3.47. The maximum absolute atomic E-state index is 13.6.